The van der Waals surface area contributed by atoms with Crippen LogP contribution in [0.3, 0.4) is 0 Å². The van der Waals surface area contributed by atoms with Crippen LogP contribution in [-0.2, 0) is 0 Å². The molecule has 18 heavy (non-hydrogen) atoms. The van der Waals surface area contributed by atoms with E-state index in [1.807, 2.05) is 4.90 Å². The number of carbonyl (C=O) groups is 1. The molecule has 0 aromatic carbocycles. The highest BCUT2D eigenvalue weighted by molar-refractivity contribution is 6.18. The highest BCUT2D eigenvalue weighted by Crippen LogP contribution is 2.28. The monoisotopic (exact) mass is 264 g/mol. The van der Waals surface area contributed by atoms with Gasteiger partial charge in [-0.15, -0.1) is 11.6 Å². The van der Waals surface area contributed by atoms with Gasteiger partial charge in [0.25, 0.3) is 5.91 Å². The fourth-order valence-corrected chi connectivity index (χ4v) is 2.26. The Morgan fingerprint density at radius 1 is 1.50 bits per heavy atom. The molecule has 6 heteroatoms. The first-order valence-electron chi connectivity index (χ1n) is 5.95. The topological polar surface area (TPSA) is 50.5 Å². The van der Waals surface area contributed by atoms with Crippen molar-refractivity contribution < 1.29 is 4.79 Å². The van der Waals surface area contributed by atoms with E-state index in [1.54, 1.807) is 29.3 Å². The number of rotatable bonds is 4. The zero-order chi connectivity index (χ0) is 12.5. The Bertz CT molecular complexity index is 578. The number of alkyl halides is 1. The molecule has 3 rings (SSSR count). The summed E-state index contributed by atoms with van der Waals surface area (Å²) in [7, 11) is 0. The van der Waals surface area contributed by atoms with Gasteiger partial charge in [-0.05, 0) is 12.8 Å². The van der Waals surface area contributed by atoms with Gasteiger partial charge in [0, 0.05) is 30.9 Å². The third kappa shape index (κ3) is 1.95. The molecule has 0 unspecified atom stereocenters. The van der Waals surface area contributed by atoms with Crippen molar-refractivity contribution in [2.24, 2.45) is 0 Å². The Labute approximate surface area is 109 Å². The Morgan fingerprint density at radius 2 is 2.33 bits per heavy atom. The largest absolute Gasteiger partial charge is 0.334 e. The number of halogens is 1. The quantitative estimate of drug-likeness (QED) is 0.788. The lowest BCUT2D eigenvalue weighted by Crippen LogP contribution is -2.34. The van der Waals surface area contributed by atoms with Crippen LogP contribution in [0, 0.1) is 0 Å². The van der Waals surface area contributed by atoms with Crippen molar-refractivity contribution in [2.45, 2.75) is 18.9 Å². The number of fused-ring (bicyclic) bond motifs is 1. The molecule has 0 aliphatic heterocycles. The molecule has 5 nitrogen and oxygen atoms in total. The zero-order valence-electron chi connectivity index (χ0n) is 9.79. The van der Waals surface area contributed by atoms with Gasteiger partial charge >= 0.3 is 0 Å². The van der Waals surface area contributed by atoms with E-state index >= 15 is 0 Å². The molecule has 0 saturated heterocycles. The van der Waals surface area contributed by atoms with Crippen LogP contribution in [0.2, 0.25) is 0 Å². The third-order valence-electron chi connectivity index (χ3n) is 3.13. The minimum absolute atomic E-state index is 0.00106. The maximum atomic E-state index is 12.5. The van der Waals surface area contributed by atoms with Crippen LogP contribution >= 0.6 is 11.6 Å². The van der Waals surface area contributed by atoms with Gasteiger partial charge in [0.15, 0.2) is 0 Å². The summed E-state index contributed by atoms with van der Waals surface area (Å²) >= 11 is 5.76. The van der Waals surface area contributed by atoms with E-state index in [0.717, 1.165) is 18.4 Å². The Morgan fingerprint density at radius 3 is 3.06 bits per heavy atom. The lowest BCUT2D eigenvalue weighted by atomic mass is 10.2. The summed E-state index contributed by atoms with van der Waals surface area (Å²) in [6.07, 6.45) is 8.77. The summed E-state index contributed by atoms with van der Waals surface area (Å²) in [5.41, 5.74) is 1.34. The number of nitrogens with zero attached hydrogens (tertiary/aromatic N) is 4. The standard InChI is InChI=1S/C12H13ClN4O/c13-3-5-16(9-1-2-9)12(18)10-7-15-17-6-4-14-8-11(10)17/h4,6-9H,1-3,5H2. The van der Waals surface area contributed by atoms with E-state index in [4.69, 9.17) is 11.6 Å². The summed E-state index contributed by atoms with van der Waals surface area (Å²) in [6, 6.07) is 0.350. The number of aromatic nitrogens is 3. The first-order valence-corrected chi connectivity index (χ1v) is 6.49. The van der Waals surface area contributed by atoms with E-state index in [2.05, 4.69) is 10.1 Å². The van der Waals surface area contributed by atoms with Crippen LogP contribution in [0.15, 0.2) is 24.8 Å². The van der Waals surface area contributed by atoms with E-state index in [9.17, 15) is 4.79 Å². The fourth-order valence-electron chi connectivity index (χ4n) is 2.08. The molecule has 2 aromatic rings. The minimum Gasteiger partial charge on any atom is -0.334 e. The van der Waals surface area contributed by atoms with Crippen LogP contribution in [0.4, 0.5) is 0 Å². The van der Waals surface area contributed by atoms with Crippen LogP contribution in [0.1, 0.15) is 23.2 Å². The molecule has 1 amide bonds. The van der Waals surface area contributed by atoms with Crippen LogP contribution in [-0.4, -0.2) is 43.9 Å². The van der Waals surface area contributed by atoms with Gasteiger partial charge in [0.05, 0.1) is 23.5 Å². The molecule has 0 atom stereocenters. The Balaban J connectivity index is 1.95. The van der Waals surface area contributed by atoms with Crippen molar-refractivity contribution in [1.82, 2.24) is 19.5 Å². The van der Waals surface area contributed by atoms with Gasteiger partial charge in [-0.3, -0.25) is 9.78 Å². The molecule has 94 valence electrons. The molecule has 2 aromatic heterocycles. The first kappa shape index (κ1) is 11.5. The summed E-state index contributed by atoms with van der Waals surface area (Å²) in [6.45, 7) is 0.586. The second-order valence-corrected chi connectivity index (χ2v) is 4.76. The lowest BCUT2D eigenvalue weighted by molar-refractivity contribution is 0.0755. The smallest absolute Gasteiger partial charge is 0.258 e. The van der Waals surface area contributed by atoms with Crippen molar-refractivity contribution in [1.29, 1.82) is 0 Å². The van der Waals surface area contributed by atoms with E-state index in [1.165, 1.54) is 0 Å². The fraction of sp³-hybridized carbons (Fsp3) is 0.417. The molecule has 1 aliphatic rings. The molecule has 1 saturated carbocycles. The van der Waals surface area contributed by atoms with Crippen molar-refractivity contribution in [3.8, 4) is 0 Å². The second kappa shape index (κ2) is 4.57. The van der Waals surface area contributed by atoms with Gasteiger partial charge in [-0.2, -0.15) is 5.10 Å². The first-order chi connectivity index (χ1) is 8.81. The predicted molar refractivity (Wildman–Crippen MR) is 67.8 cm³/mol. The van der Waals surface area contributed by atoms with Crippen molar-refractivity contribution in [2.75, 3.05) is 12.4 Å². The summed E-state index contributed by atoms with van der Waals surface area (Å²) in [5, 5.41) is 4.16. The molecule has 1 fully saturated rings. The SMILES string of the molecule is O=C(c1cnn2ccncc12)N(CCCl)C1CC1. The zero-order valence-corrected chi connectivity index (χ0v) is 10.5. The number of hydrogen-bond donors (Lipinski definition) is 0. The molecular weight excluding hydrogens is 252 g/mol. The maximum Gasteiger partial charge on any atom is 0.258 e. The van der Waals surface area contributed by atoms with E-state index in [0.29, 0.717) is 24.0 Å². The second-order valence-electron chi connectivity index (χ2n) is 4.38. The van der Waals surface area contributed by atoms with Crippen LogP contribution in [0.25, 0.3) is 5.52 Å². The van der Waals surface area contributed by atoms with E-state index in [-0.39, 0.29) is 5.91 Å². The average molecular weight is 265 g/mol. The van der Waals surface area contributed by atoms with Gasteiger partial charge < -0.3 is 4.90 Å². The van der Waals surface area contributed by atoms with Crippen LogP contribution in [0.5, 0.6) is 0 Å². The Kier molecular flexibility index (Phi) is 2.91. The molecular formula is C12H13ClN4O. The van der Waals surface area contributed by atoms with Crippen LogP contribution < -0.4 is 0 Å². The highest BCUT2D eigenvalue weighted by Gasteiger charge is 2.33. The minimum atomic E-state index is 0.00106. The number of amides is 1. The van der Waals surface area contributed by atoms with Crippen molar-refractivity contribution >= 4 is 23.0 Å². The summed E-state index contributed by atoms with van der Waals surface area (Å²) in [4.78, 5) is 18.4. The molecule has 0 radical (unpaired) electrons. The van der Waals surface area contributed by atoms with Gasteiger partial charge in [0.1, 0.15) is 0 Å². The van der Waals surface area contributed by atoms with Crippen molar-refractivity contribution in [3.05, 3.63) is 30.4 Å². The number of hydrogen-bond acceptors (Lipinski definition) is 3. The van der Waals surface area contributed by atoms with E-state index < -0.39 is 0 Å². The molecule has 0 bridgehead atoms. The van der Waals surface area contributed by atoms with Gasteiger partial charge in [-0.1, -0.05) is 0 Å². The normalized spacial score (nSPS) is 14.9. The third-order valence-corrected chi connectivity index (χ3v) is 3.30. The summed E-state index contributed by atoms with van der Waals surface area (Å²) < 4.78 is 1.66. The molecule has 2 heterocycles. The van der Waals surface area contributed by atoms with Crippen molar-refractivity contribution in [3.63, 3.8) is 0 Å². The summed E-state index contributed by atoms with van der Waals surface area (Å²) in [5.74, 6) is 0.459. The highest BCUT2D eigenvalue weighted by atomic mass is 35.5. The number of carbonyl (C=O) groups excluding carboxylic acids is 1. The molecule has 0 spiro atoms. The van der Waals surface area contributed by atoms with Gasteiger partial charge in [-0.25, -0.2) is 4.52 Å². The maximum absolute atomic E-state index is 12.5. The average Bonchev–Trinajstić information content (AvgIpc) is 3.14. The Hall–Kier alpha value is -1.62. The van der Waals surface area contributed by atoms with Gasteiger partial charge in [0.2, 0.25) is 0 Å². The molecule has 1 aliphatic carbocycles. The molecule has 0 N–H and O–H groups in total. The predicted octanol–water partition coefficient (Wildman–Crippen LogP) is 1.57. The lowest BCUT2D eigenvalue weighted by Gasteiger charge is -2.20.